The van der Waals surface area contributed by atoms with Gasteiger partial charge in [-0.1, -0.05) is 36.2 Å². The first kappa shape index (κ1) is 14.7. The van der Waals surface area contributed by atoms with Crippen molar-refractivity contribution in [3.63, 3.8) is 0 Å². The summed E-state index contributed by atoms with van der Waals surface area (Å²) >= 11 is 3.59. The summed E-state index contributed by atoms with van der Waals surface area (Å²) < 4.78 is 11.8. The number of nitrogens with one attached hydrogen (secondary N) is 1. The number of hydrogen-bond acceptors (Lipinski definition) is 3. The maximum Gasteiger partial charge on any atom is 0.231 e. The molecule has 0 fully saturated rings. The maximum absolute atomic E-state index is 5.41. The fourth-order valence-corrected chi connectivity index (χ4v) is 2.70. The predicted octanol–water partition coefficient (Wildman–Crippen LogP) is 4.09. The van der Waals surface area contributed by atoms with E-state index in [1.54, 1.807) is 0 Å². The Morgan fingerprint density at radius 2 is 1.95 bits per heavy atom. The molecule has 2 atom stereocenters. The van der Waals surface area contributed by atoms with Gasteiger partial charge in [-0.2, -0.15) is 0 Å². The van der Waals surface area contributed by atoms with E-state index in [-0.39, 0.29) is 0 Å². The normalized spacial score (nSPS) is 16.4. The highest BCUT2D eigenvalue weighted by Crippen LogP contribution is 2.36. The lowest BCUT2D eigenvalue weighted by atomic mass is 10.0. The fraction of sp³-hybridized carbons (Fsp3) is 0.600. The van der Waals surface area contributed by atoms with E-state index in [1.165, 1.54) is 18.4 Å². The highest BCUT2D eigenvalue weighted by Gasteiger charge is 2.16. The third-order valence-electron chi connectivity index (χ3n) is 3.64. The van der Waals surface area contributed by atoms with Crippen LogP contribution in [-0.4, -0.2) is 12.8 Å². The van der Waals surface area contributed by atoms with E-state index in [0.29, 0.717) is 12.8 Å². The second-order valence-corrected chi connectivity index (χ2v) is 6.18. The number of benzene rings is 1. The molecule has 0 spiro atoms. The van der Waals surface area contributed by atoms with E-state index >= 15 is 0 Å². The summed E-state index contributed by atoms with van der Waals surface area (Å²) in [6.07, 6.45) is 2.44. The molecule has 1 aromatic carbocycles. The van der Waals surface area contributed by atoms with Crippen molar-refractivity contribution in [3.05, 3.63) is 22.2 Å². The van der Waals surface area contributed by atoms with Gasteiger partial charge in [0, 0.05) is 17.1 Å². The fourth-order valence-electron chi connectivity index (χ4n) is 2.23. The van der Waals surface area contributed by atoms with Gasteiger partial charge in [-0.3, -0.25) is 0 Å². The van der Waals surface area contributed by atoms with Gasteiger partial charge < -0.3 is 14.8 Å². The summed E-state index contributed by atoms with van der Waals surface area (Å²) in [7, 11) is 0. The highest BCUT2D eigenvalue weighted by atomic mass is 79.9. The molecule has 0 saturated heterocycles. The van der Waals surface area contributed by atoms with Crippen LogP contribution in [0.2, 0.25) is 0 Å². The predicted molar refractivity (Wildman–Crippen MR) is 80.6 cm³/mol. The van der Waals surface area contributed by atoms with Crippen LogP contribution in [0.3, 0.4) is 0 Å². The van der Waals surface area contributed by atoms with Gasteiger partial charge in [-0.15, -0.1) is 0 Å². The Hall–Kier alpha value is -0.740. The molecule has 0 saturated carbocycles. The van der Waals surface area contributed by atoms with Crippen LogP contribution < -0.4 is 14.8 Å². The van der Waals surface area contributed by atoms with Crippen LogP contribution in [-0.2, 0) is 6.54 Å². The van der Waals surface area contributed by atoms with Crippen molar-refractivity contribution in [2.75, 3.05) is 6.79 Å². The zero-order valence-electron chi connectivity index (χ0n) is 11.8. The van der Waals surface area contributed by atoms with Crippen molar-refractivity contribution in [1.29, 1.82) is 0 Å². The van der Waals surface area contributed by atoms with Crippen LogP contribution in [0, 0.1) is 5.92 Å². The average molecular weight is 328 g/mol. The molecule has 0 amide bonds. The highest BCUT2D eigenvalue weighted by molar-refractivity contribution is 9.10. The summed E-state index contributed by atoms with van der Waals surface area (Å²) in [6, 6.07) is 4.56. The van der Waals surface area contributed by atoms with E-state index in [9.17, 15) is 0 Å². The molecule has 0 aliphatic carbocycles. The van der Waals surface area contributed by atoms with Crippen LogP contribution in [0.25, 0.3) is 0 Å². The minimum Gasteiger partial charge on any atom is -0.454 e. The molecule has 106 valence electrons. The lowest BCUT2D eigenvalue weighted by molar-refractivity contribution is 0.174. The van der Waals surface area contributed by atoms with E-state index in [4.69, 9.17) is 9.47 Å². The Morgan fingerprint density at radius 3 is 2.63 bits per heavy atom. The standard InChI is InChI=1S/C15H22BrNO2/c1-4-10(2)5-11(3)17-8-12-6-14-15(7-13(12)16)19-9-18-14/h6-7,10-11,17H,4-5,8-9H2,1-3H3. The van der Waals surface area contributed by atoms with Gasteiger partial charge in [0.2, 0.25) is 6.79 Å². The number of halogens is 1. The van der Waals surface area contributed by atoms with E-state index in [0.717, 1.165) is 28.4 Å². The average Bonchev–Trinajstić information content (AvgIpc) is 2.82. The molecule has 1 aliphatic rings. The van der Waals surface area contributed by atoms with Crippen molar-refractivity contribution in [2.24, 2.45) is 5.92 Å². The molecular formula is C15H22BrNO2. The third kappa shape index (κ3) is 3.86. The van der Waals surface area contributed by atoms with Gasteiger partial charge >= 0.3 is 0 Å². The Bertz CT molecular complexity index is 436. The molecular weight excluding hydrogens is 306 g/mol. The molecule has 0 radical (unpaired) electrons. The van der Waals surface area contributed by atoms with Crippen molar-refractivity contribution in [1.82, 2.24) is 5.32 Å². The summed E-state index contributed by atoms with van der Waals surface area (Å²) in [5.74, 6) is 2.43. The van der Waals surface area contributed by atoms with Gasteiger partial charge in [0.1, 0.15) is 0 Å². The van der Waals surface area contributed by atoms with Crippen LogP contribution in [0.1, 0.15) is 39.2 Å². The second kappa shape index (κ2) is 6.62. The van der Waals surface area contributed by atoms with Crippen LogP contribution in [0.5, 0.6) is 11.5 Å². The smallest absolute Gasteiger partial charge is 0.231 e. The van der Waals surface area contributed by atoms with E-state index < -0.39 is 0 Å². The SMILES string of the molecule is CCC(C)CC(C)NCc1cc2c(cc1Br)OCO2. The van der Waals surface area contributed by atoms with Crippen molar-refractivity contribution < 1.29 is 9.47 Å². The second-order valence-electron chi connectivity index (χ2n) is 5.33. The zero-order valence-corrected chi connectivity index (χ0v) is 13.4. The molecule has 1 aliphatic heterocycles. The molecule has 0 aromatic heterocycles. The largest absolute Gasteiger partial charge is 0.454 e. The molecule has 2 rings (SSSR count). The molecule has 1 heterocycles. The third-order valence-corrected chi connectivity index (χ3v) is 4.37. The summed E-state index contributed by atoms with van der Waals surface area (Å²) in [5, 5.41) is 3.57. The lowest BCUT2D eigenvalue weighted by Crippen LogP contribution is -2.27. The Kier molecular flexibility index (Phi) is 5.11. The zero-order chi connectivity index (χ0) is 13.8. The number of rotatable bonds is 6. The van der Waals surface area contributed by atoms with Crippen LogP contribution in [0.15, 0.2) is 16.6 Å². The van der Waals surface area contributed by atoms with Gasteiger partial charge in [0.05, 0.1) is 0 Å². The first-order valence-electron chi connectivity index (χ1n) is 6.91. The molecule has 1 aromatic rings. The Balaban J connectivity index is 1.92. The minimum absolute atomic E-state index is 0.322. The lowest BCUT2D eigenvalue weighted by Gasteiger charge is -2.18. The Morgan fingerprint density at radius 1 is 1.26 bits per heavy atom. The van der Waals surface area contributed by atoms with E-state index in [1.807, 2.05) is 6.07 Å². The molecule has 3 nitrogen and oxygen atoms in total. The topological polar surface area (TPSA) is 30.5 Å². The minimum atomic E-state index is 0.322. The first-order valence-corrected chi connectivity index (χ1v) is 7.70. The molecule has 0 bridgehead atoms. The van der Waals surface area contributed by atoms with Gasteiger partial charge in [0.15, 0.2) is 11.5 Å². The van der Waals surface area contributed by atoms with Gasteiger partial charge in [0.25, 0.3) is 0 Å². The van der Waals surface area contributed by atoms with Crippen molar-refractivity contribution >= 4 is 15.9 Å². The molecule has 1 N–H and O–H groups in total. The summed E-state index contributed by atoms with van der Waals surface area (Å²) in [5.41, 5.74) is 1.21. The van der Waals surface area contributed by atoms with Crippen molar-refractivity contribution in [3.8, 4) is 11.5 Å². The van der Waals surface area contributed by atoms with Crippen LogP contribution in [0.4, 0.5) is 0 Å². The summed E-state index contributed by atoms with van der Waals surface area (Å²) in [4.78, 5) is 0. The first-order chi connectivity index (χ1) is 9.10. The monoisotopic (exact) mass is 327 g/mol. The Labute approximate surface area is 123 Å². The van der Waals surface area contributed by atoms with E-state index in [2.05, 4.69) is 48.1 Å². The van der Waals surface area contributed by atoms with Gasteiger partial charge in [-0.05, 0) is 37.0 Å². The maximum atomic E-state index is 5.41. The van der Waals surface area contributed by atoms with Crippen molar-refractivity contribution in [2.45, 2.75) is 46.2 Å². The van der Waals surface area contributed by atoms with Crippen LogP contribution >= 0.6 is 15.9 Å². The molecule has 19 heavy (non-hydrogen) atoms. The quantitative estimate of drug-likeness (QED) is 0.853. The molecule has 2 unspecified atom stereocenters. The number of fused-ring (bicyclic) bond motifs is 1. The number of hydrogen-bond donors (Lipinski definition) is 1. The van der Waals surface area contributed by atoms with Gasteiger partial charge in [-0.25, -0.2) is 0 Å². The molecule has 4 heteroatoms. The summed E-state index contributed by atoms with van der Waals surface area (Å²) in [6.45, 7) is 7.95. The number of ether oxygens (including phenoxy) is 2.